The summed E-state index contributed by atoms with van der Waals surface area (Å²) < 4.78 is 5.07. The third-order valence-corrected chi connectivity index (χ3v) is 2.24. The summed E-state index contributed by atoms with van der Waals surface area (Å²) in [7, 11) is 0. The molecule has 0 amide bonds. The lowest BCUT2D eigenvalue weighted by Crippen LogP contribution is -2.36. The number of nitrogens with zero attached hydrogens (tertiary/aromatic N) is 1. The summed E-state index contributed by atoms with van der Waals surface area (Å²) in [5, 5.41) is 0. The van der Waals surface area contributed by atoms with E-state index in [1.54, 1.807) is 6.92 Å². The maximum Gasteiger partial charge on any atom is 0.333 e. The Morgan fingerprint density at radius 2 is 1.93 bits per heavy atom. The molecule has 0 N–H and O–H groups in total. The highest BCUT2D eigenvalue weighted by molar-refractivity contribution is 5.86. The Balaban J connectivity index is 3.88. The molecule has 0 aliphatic carbocycles. The van der Waals surface area contributed by atoms with Crippen molar-refractivity contribution in [2.24, 2.45) is 0 Å². The van der Waals surface area contributed by atoms with Gasteiger partial charge in [-0.05, 0) is 26.9 Å². The van der Waals surface area contributed by atoms with Crippen LogP contribution in [0.3, 0.4) is 0 Å². The third-order valence-electron chi connectivity index (χ3n) is 2.24. The highest BCUT2D eigenvalue weighted by atomic mass is 16.5. The fourth-order valence-electron chi connectivity index (χ4n) is 1.27. The normalized spacial score (nSPS) is 12.6. The largest absolute Gasteiger partial charge is 0.461 e. The Bertz CT molecular complexity index is 197. The standard InChI is InChI=1S/C11H21NO2/c1-6-12(7-2)10(5)8-14-11(13)9(3)4/h10H,3,6-8H2,1-2,4-5H3. The zero-order chi connectivity index (χ0) is 11.1. The maximum absolute atomic E-state index is 11.1. The summed E-state index contributed by atoms with van der Waals surface area (Å²) >= 11 is 0. The summed E-state index contributed by atoms with van der Waals surface area (Å²) in [6.07, 6.45) is 0. The van der Waals surface area contributed by atoms with Crippen molar-refractivity contribution in [1.29, 1.82) is 0 Å². The molecule has 0 fully saturated rings. The number of carbonyl (C=O) groups is 1. The van der Waals surface area contributed by atoms with E-state index in [0.717, 1.165) is 13.1 Å². The van der Waals surface area contributed by atoms with Crippen LogP contribution in [0.15, 0.2) is 12.2 Å². The molecule has 3 heteroatoms. The molecule has 3 nitrogen and oxygen atoms in total. The number of hydrogen-bond acceptors (Lipinski definition) is 3. The van der Waals surface area contributed by atoms with Gasteiger partial charge in [0.1, 0.15) is 6.61 Å². The summed E-state index contributed by atoms with van der Waals surface area (Å²) in [5.41, 5.74) is 0.455. The predicted octanol–water partition coefficient (Wildman–Crippen LogP) is 1.84. The first-order chi connectivity index (χ1) is 6.52. The lowest BCUT2D eigenvalue weighted by molar-refractivity contribution is -0.140. The van der Waals surface area contributed by atoms with Crippen molar-refractivity contribution in [3.8, 4) is 0 Å². The van der Waals surface area contributed by atoms with Crippen LogP contribution < -0.4 is 0 Å². The first-order valence-electron chi connectivity index (χ1n) is 5.09. The van der Waals surface area contributed by atoms with Gasteiger partial charge in [0.15, 0.2) is 0 Å². The molecule has 0 aliphatic heterocycles. The van der Waals surface area contributed by atoms with Gasteiger partial charge in [-0.2, -0.15) is 0 Å². The monoisotopic (exact) mass is 199 g/mol. The van der Waals surface area contributed by atoms with Crippen molar-refractivity contribution in [1.82, 2.24) is 4.90 Å². The van der Waals surface area contributed by atoms with Crippen LogP contribution in [0.1, 0.15) is 27.7 Å². The zero-order valence-electron chi connectivity index (χ0n) is 9.67. The fourth-order valence-corrected chi connectivity index (χ4v) is 1.27. The zero-order valence-corrected chi connectivity index (χ0v) is 9.67. The van der Waals surface area contributed by atoms with E-state index in [-0.39, 0.29) is 12.0 Å². The second-order valence-electron chi connectivity index (χ2n) is 3.45. The number of rotatable bonds is 6. The molecule has 1 unspecified atom stereocenters. The molecule has 1 atom stereocenters. The van der Waals surface area contributed by atoms with Gasteiger partial charge in [0.05, 0.1) is 0 Å². The van der Waals surface area contributed by atoms with Crippen molar-refractivity contribution in [3.05, 3.63) is 12.2 Å². The van der Waals surface area contributed by atoms with E-state index < -0.39 is 0 Å². The van der Waals surface area contributed by atoms with Gasteiger partial charge in [-0.25, -0.2) is 4.79 Å². The number of hydrogen-bond donors (Lipinski definition) is 0. The van der Waals surface area contributed by atoms with Crippen molar-refractivity contribution in [2.75, 3.05) is 19.7 Å². The minimum absolute atomic E-state index is 0.272. The summed E-state index contributed by atoms with van der Waals surface area (Å²) in [6.45, 7) is 13.8. The van der Waals surface area contributed by atoms with E-state index >= 15 is 0 Å². The minimum atomic E-state index is -0.302. The van der Waals surface area contributed by atoms with Crippen molar-refractivity contribution >= 4 is 5.97 Å². The molecular formula is C11H21NO2. The molecule has 0 bridgehead atoms. The highest BCUT2D eigenvalue weighted by Gasteiger charge is 2.12. The molecule has 0 radical (unpaired) electrons. The van der Waals surface area contributed by atoms with Gasteiger partial charge in [0, 0.05) is 11.6 Å². The smallest absolute Gasteiger partial charge is 0.333 e. The van der Waals surface area contributed by atoms with Crippen LogP contribution in [0, 0.1) is 0 Å². The summed E-state index contributed by atoms with van der Waals surface area (Å²) in [5.74, 6) is -0.302. The van der Waals surface area contributed by atoms with Gasteiger partial charge in [-0.1, -0.05) is 20.4 Å². The fraction of sp³-hybridized carbons (Fsp3) is 0.727. The molecule has 0 spiro atoms. The number of carbonyl (C=O) groups excluding carboxylic acids is 1. The molecule has 0 heterocycles. The van der Waals surface area contributed by atoms with Crippen LogP contribution in [-0.2, 0) is 9.53 Å². The first-order valence-corrected chi connectivity index (χ1v) is 5.09. The lowest BCUT2D eigenvalue weighted by atomic mass is 10.3. The Hall–Kier alpha value is -0.830. The maximum atomic E-state index is 11.1. The highest BCUT2D eigenvalue weighted by Crippen LogP contribution is 2.00. The van der Waals surface area contributed by atoms with E-state index in [9.17, 15) is 4.79 Å². The van der Waals surface area contributed by atoms with Crippen molar-refractivity contribution in [2.45, 2.75) is 33.7 Å². The van der Waals surface area contributed by atoms with Gasteiger partial charge in [0.25, 0.3) is 0 Å². The van der Waals surface area contributed by atoms with Gasteiger partial charge in [-0.3, -0.25) is 4.90 Å². The number of ether oxygens (including phenoxy) is 1. The van der Waals surface area contributed by atoms with Crippen molar-refractivity contribution in [3.63, 3.8) is 0 Å². The van der Waals surface area contributed by atoms with Crippen LogP contribution in [0.4, 0.5) is 0 Å². The molecule has 82 valence electrons. The van der Waals surface area contributed by atoms with Gasteiger partial charge < -0.3 is 4.74 Å². The number of likely N-dealkylation sites (N-methyl/N-ethyl adjacent to an activating group) is 1. The Morgan fingerprint density at radius 3 is 2.29 bits per heavy atom. The summed E-state index contributed by atoms with van der Waals surface area (Å²) in [6, 6.07) is 0.272. The second-order valence-corrected chi connectivity index (χ2v) is 3.45. The molecule has 0 saturated carbocycles. The summed E-state index contributed by atoms with van der Waals surface area (Å²) in [4.78, 5) is 13.3. The van der Waals surface area contributed by atoms with E-state index in [1.165, 1.54) is 0 Å². The average molecular weight is 199 g/mol. The first kappa shape index (κ1) is 13.2. The molecule has 0 aromatic rings. The Morgan fingerprint density at radius 1 is 1.43 bits per heavy atom. The van der Waals surface area contributed by atoms with Crippen LogP contribution in [0.2, 0.25) is 0 Å². The second kappa shape index (κ2) is 6.60. The molecule has 14 heavy (non-hydrogen) atoms. The SMILES string of the molecule is C=C(C)C(=O)OCC(C)N(CC)CC. The lowest BCUT2D eigenvalue weighted by Gasteiger charge is -2.25. The minimum Gasteiger partial charge on any atom is -0.461 e. The van der Waals surface area contributed by atoms with Crippen LogP contribution in [0.25, 0.3) is 0 Å². The molecular weight excluding hydrogens is 178 g/mol. The van der Waals surface area contributed by atoms with E-state index in [2.05, 4.69) is 32.3 Å². The Labute approximate surface area is 86.7 Å². The van der Waals surface area contributed by atoms with E-state index in [0.29, 0.717) is 12.2 Å². The van der Waals surface area contributed by atoms with Crippen LogP contribution >= 0.6 is 0 Å². The molecule has 0 aromatic heterocycles. The van der Waals surface area contributed by atoms with Gasteiger partial charge >= 0.3 is 5.97 Å². The average Bonchev–Trinajstić information content (AvgIpc) is 2.15. The van der Waals surface area contributed by atoms with E-state index in [1.807, 2.05) is 0 Å². The number of esters is 1. The molecule has 0 aliphatic rings. The molecule has 0 saturated heterocycles. The van der Waals surface area contributed by atoms with Crippen LogP contribution in [-0.4, -0.2) is 36.6 Å². The quantitative estimate of drug-likeness (QED) is 0.483. The van der Waals surface area contributed by atoms with Crippen LogP contribution in [0.5, 0.6) is 0 Å². The Kier molecular flexibility index (Phi) is 6.21. The third kappa shape index (κ3) is 4.42. The van der Waals surface area contributed by atoms with Crippen molar-refractivity contribution < 1.29 is 9.53 Å². The topological polar surface area (TPSA) is 29.5 Å². The molecule has 0 rings (SSSR count). The van der Waals surface area contributed by atoms with E-state index in [4.69, 9.17) is 4.74 Å². The van der Waals surface area contributed by atoms with Gasteiger partial charge in [0.2, 0.25) is 0 Å². The van der Waals surface area contributed by atoms with Gasteiger partial charge in [-0.15, -0.1) is 0 Å². The molecule has 0 aromatic carbocycles. The predicted molar refractivity (Wildman–Crippen MR) is 58.2 cm³/mol.